The topological polar surface area (TPSA) is 92.7 Å². The van der Waals surface area contributed by atoms with E-state index < -0.39 is 11.6 Å². The molecule has 2 aromatic heterocycles. The van der Waals surface area contributed by atoms with Gasteiger partial charge in [-0.3, -0.25) is 0 Å². The number of aromatic amines is 1. The van der Waals surface area contributed by atoms with Crippen LogP contribution < -0.4 is 9.64 Å². The second-order valence-electron chi connectivity index (χ2n) is 8.96. The largest absolute Gasteiger partial charge is 0.487 e. The molecule has 0 bridgehead atoms. The predicted octanol–water partition coefficient (Wildman–Crippen LogP) is 4.38. The highest BCUT2D eigenvalue weighted by Crippen LogP contribution is 2.30. The smallest absolute Gasteiger partial charge is 0.225 e. The van der Waals surface area contributed by atoms with Crippen molar-refractivity contribution in [3.8, 4) is 16.9 Å². The number of piperidine rings is 1. The molecule has 0 unspecified atom stereocenters. The number of halogens is 2. The van der Waals surface area contributed by atoms with Crippen LogP contribution in [0, 0.1) is 17.6 Å². The lowest BCUT2D eigenvalue weighted by molar-refractivity contribution is 0.207. The highest BCUT2D eigenvalue weighted by Gasteiger charge is 2.23. The van der Waals surface area contributed by atoms with E-state index in [1.165, 1.54) is 12.1 Å². The molecule has 186 valence electrons. The molecular formula is C26H27F2N7O. The zero-order valence-corrected chi connectivity index (χ0v) is 20.0. The minimum Gasteiger partial charge on any atom is -0.487 e. The third-order valence-electron chi connectivity index (χ3n) is 6.50. The summed E-state index contributed by atoms with van der Waals surface area (Å²) in [6.07, 6.45) is 6.83. The maximum atomic E-state index is 14.8. The molecule has 2 aromatic carbocycles. The summed E-state index contributed by atoms with van der Waals surface area (Å²) in [7, 11) is 0. The molecule has 0 saturated carbocycles. The summed E-state index contributed by atoms with van der Waals surface area (Å²) in [6, 6.07) is 10.0. The number of H-pyrrole nitrogens is 1. The SMILES string of the molecule is CCc1cnc(N2CCC(COc3c(F)cc(-c4ccc(Cc5nn[nH]n5)cc4)cc3F)CC2)nc1. The van der Waals surface area contributed by atoms with Gasteiger partial charge in [0.15, 0.2) is 23.2 Å². The number of tetrazole rings is 1. The number of rotatable bonds is 8. The maximum Gasteiger partial charge on any atom is 0.225 e. The van der Waals surface area contributed by atoms with Crippen molar-refractivity contribution in [2.24, 2.45) is 5.92 Å². The monoisotopic (exact) mass is 491 g/mol. The lowest BCUT2D eigenvalue weighted by atomic mass is 9.98. The van der Waals surface area contributed by atoms with Crippen LogP contribution >= 0.6 is 0 Å². The molecular weight excluding hydrogens is 464 g/mol. The summed E-state index contributed by atoms with van der Waals surface area (Å²) in [5.74, 6) is -0.228. The summed E-state index contributed by atoms with van der Waals surface area (Å²) in [5.41, 5.74) is 3.23. The Balaban J connectivity index is 1.17. The van der Waals surface area contributed by atoms with Gasteiger partial charge >= 0.3 is 0 Å². The number of nitrogens with zero attached hydrogens (tertiary/aromatic N) is 6. The van der Waals surface area contributed by atoms with Crippen molar-refractivity contribution >= 4 is 5.95 Å². The summed E-state index contributed by atoms with van der Waals surface area (Å²) in [6.45, 7) is 3.90. The normalized spacial score (nSPS) is 14.2. The number of hydrogen-bond donors (Lipinski definition) is 1. The summed E-state index contributed by atoms with van der Waals surface area (Å²) in [5, 5.41) is 13.8. The Kier molecular flexibility index (Phi) is 7.11. The first-order valence-corrected chi connectivity index (χ1v) is 12.1. The lowest BCUT2D eigenvalue weighted by Gasteiger charge is -2.31. The highest BCUT2D eigenvalue weighted by atomic mass is 19.1. The lowest BCUT2D eigenvalue weighted by Crippen LogP contribution is -2.36. The molecule has 1 fully saturated rings. The minimum absolute atomic E-state index is 0.210. The Morgan fingerprint density at radius 1 is 0.972 bits per heavy atom. The first-order chi connectivity index (χ1) is 17.6. The van der Waals surface area contributed by atoms with Crippen molar-refractivity contribution in [3.63, 3.8) is 0 Å². The van der Waals surface area contributed by atoms with Gasteiger partial charge in [0, 0.05) is 31.9 Å². The van der Waals surface area contributed by atoms with Crippen LogP contribution in [0.3, 0.4) is 0 Å². The molecule has 0 atom stereocenters. The molecule has 8 nitrogen and oxygen atoms in total. The summed E-state index contributed by atoms with van der Waals surface area (Å²) >= 11 is 0. The van der Waals surface area contributed by atoms with Crippen LogP contribution in [-0.2, 0) is 12.8 Å². The second kappa shape index (κ2) is 10.8. The molecule has 4 aromatic rings. The van der Waals surface area contributed by atoms with E-state index in [0.29, 0.717) is 23.4 Å². The maximum absolute atomic E-state index is 14.8. The number of hydrogen-bond acceptors (Lipinski definition) is 7. The quantitative estimate of drug-likeness (QED) is 0.391. The zero-order valence-electron chi connectivity index (χ0n) is 20.0. The minimum atomic E-state index is -0.706. The average molecular weight is 492 g/mol. The highest BCUT2D eigenvalue weighted by molar-refractivity contribution is 5.65. The Morgan fingerprint density at radius 2 is 1.67 bits per heavy atom. The van der Waals surface area contributed by atoms with Gasteiger partial charge < -0.3 is 9.64 Å². The summed E-state index contributed by atoms with van der Waals surface area (Å²) in [4.78, 5) is 11.0. The van der Waals surface area contributed by atoms with Gasteiger partial charge in [-0.05, 0) is 59.6 Å². The van der Waals surface area contributed by atoms with Gasteiger partial charge in [-0.25, -0.2) is 18.7 Å². The standard InChI is InChI=1S/C26H27F2N7O/c1-2-17-14-29-26(30-15-17)35-9-7-19(8-10-35)16-36-25-22(27)12-21(13-23(25)28)20-5-3-18(4-6-20)11-24-31-33-34-32-24/h3-6,12-15,19H,2,7-11,16H2,1H3,(H,31,32,33,34). The average Bonchev–Trinajstić information content (AvgIpc) is 3.42. The number of ether oxygens (including phenoxy) is 1. The first kappa shape index (κ1) is 23.8. The van der Waals surface area contributed by atoms with Gasteiger partial charge in [-0.15, -0.1) is 10.2 Å². The van der Waals surface area contributed by atoms with E-state index in [1.54, 1.807) is 0 Å². The Labute approximate surface area is 207 Å². The Bertz CT molecular complexity index is 1250. The predicted molar refractivity (Wildman–Crippen MR) is 131 cm³/mol. The van der Waals surface area contributed by atoms with E-state index in [-0.39, 0.29) is 18.3 Å². The number of aryl methyl sites for hydroxylation is 1. The van der Waals surface area contributed by atoms with Gasteiger partial charge in [0.05, 0.1) is 6.61 Å². The fourth-order valence-corrected chi connectivity index (χ4v) is 4.31. The Hall–Kier alpha value is -3.95. The fourth-order valence-electron chi connectivity index (χ4n) is 4.31. The van der Waals surface area contributed by atoms with Gasteiger partial charge in [0.25, 0.3) is 0 Å². The van der Waals surface area contributed by atoms with E-state index in [1.807, 2.05) is 36.7 Å². The molecule has 1 saturated heterocycles. The molecule has 3 heterocycles. The van der Waals surface area contributed by atoms with Gasteiger partial charge in [0.1, 0.15) is 0 Å². The van der Waals surface area contributed by atoms with Crippen LogP contribution in [0.4, 0.5) is 14.7 Å². The molecule has 0 radical (unpaired) electrons. The van der Waals surface area contributed by atoms with Crippen LogP contribution in [0.2, 0.25) is 0 Å². The van der Waals surface area contributed by atoms with Gasteiger partial charge in [-0.1, -0.05) is 36.4 Å². The van der Waals surface area contributed by atoms with E-state index >= 15 is 0 Å². The number of anilines is 1. The molecule has 10 heteroatoms. The van der Waals surface area contributed by atoms with Crippen molar-refractivity contribution < 1.29 is 13.5 Å². The number of aromatic nitrogens is 6. The molecule has 36 heavy (non-hydrogen) atoms. The van der Waals surface area contributed by atoms with E-state index in [9.17, 15) is 8.78 Å². The van der Waals surface area contributed by atoms with Crippen molar-refractivity contribution in [2.45, 2.75) is 32.6 Å². The fraction of sp³-hybridized carbons (Fsp3) is 0.346. The molecule has 0 aliphatic carbocycles. The van der Waals surface area contributed by atoms with Gasteiger partial charge in [0.2, 0.25) is 5.95 Å². The zero-order chi connectivity index (χ0) is 24.9. The molecule has 1 aliphatic heterocycles. The third-order valence-corrected chi connectivity index (χ3v) is 6.50. The van der Waals surface area contributed by atoms with Crippen molar-refractivity contribution in [2.75, 3.05) is 24.6 Å². The van der Waals surface area contributed by atoms with Crippen molar-refractivity contribution in [1.82, 2.24) is 30.6 Å². The van der Waals surface area contributed by atoms with Crippen molar-refractivity contribution in [1.29, 1.82) is 0 Å². The van der Waals surface area contributed by atoms with Crippen molar-refractivity contribution in [3.05, 3.63) is 77.4 Å². The Morgan fingerprint density at radius 3 is 2.28 bits per heavy atom. The summed E-state index contributed by atoms with van der Waals surface area (Å²) < 4.78 is 35.2. The third kappa shape index (κ3) is 5.48. The molecule has 1 aliphatic rings. The van der Waals surface area contributed by atoms with Crippen LogP contribution in [0.15, 0.2) is 48.8 Å². The molecule has 0 spiro atoms. The van der Waals surface area contributed by atoms with Crippen LogP contribution in [0.25, 0.3) is 11.1 Å². The first-order valence-electron chi connectivity index (χ1n) is 12.1. The molecule has 5 rings (SSSR count). The number of benzene rings is 2. The van der Waals surface area contributed by atoms with Crippen LogP contribution in [-0.4, -0.2) is 50.3 Å². The van der Waals surface area contributed by atoms with Crippen LogP contribution in [0.5, 0.6) is 5.75 Å². The molecule has 1 N–H and O–H groups in total. The molecule has 0 amide bonds. The second-order valence-corrected chi connectivity index (χ2v) is 8.96. The van der Waals surface area contributed by atoms with Crippen LogP contribution in [0.1, 0.15) is 36.7 Å². The van der Waals surface area contributed by atoms with Gasteiger partial charge in [-0.2, -0.15) is 5.21 Å². The number of nitrogens with one attached hydrogen (secondary N) is 1. The van der Waals surface area contributed by atoms with E-state index in [2.05, 4.69) is 42.4 Å². The van der Waals surface area contributed by atoms with E-state index in [0.717, 1.165) is 49.4 Å². The van der Waals surface area contributed by atoms with E-state index in [4.69, 9.17) is 4.74 Å².